The van der Waals surface area contributed by atoms with Gasteiger partial charge in [-0.15, -0.1) is 0 Å². The zero-order valence-corrected chi connectivity index (χ0v) is 18.1. The number of nitrogens with zero attached hydrogens (tertiary/aromatic N) is 2. The van der Waals surface area contributed by atoms with Crippen molar-refractivity contribution in [3.63, 3.8) is 0 Å². The van der Waals surface area contributed by atoms with Crippen LogP contribution in [0.4, 0.5) is 10.1 Å². The third kappa shape index (κ3) is 5.06. The zero-order chi connectivity index (χ0) is 23.6. The number of aryl methyl sites for hydroxylation is 1. The van der Waals surface area contributed by atoms with Crippen LogP contribution in [0.3, 0.4) is 0 Å². The zero-order valence-electron chi connectivity index (χ0n) is 17.3. The molecule has 0 aliphatic carbocycles. The SMILES string of the molecule is Cc1noc(CCNC(=O)c2cc(=O)[nH]c3ccc(S(=O)(=O)Nc4ccc(F)cc4)cc23)n1. The predicted octanol–water partition coefficient (Wildman–Crippen LogP) is 2.13. The Morgan fingerprint density at radius 1 is 1.15 bits per heavy atom. The summed E-state index contributed by atoms with van der Waals surface area (Å²) in [6, 6.07) is 9.90. The molecule has 2 heterocycles. The molecule has 1 amide bonds. The second-order valence-corrected chi connectivity index (χ2v) is 8.79. The molecule has 0 aliphatic heterocycles. The second-order valence-electron chi connectivity index (χ2n) is 7.11. The lowest BCUT2D eigenvalue weighted by atomic mass is 10.1. The highest BCUT2D eigenvalue weighted by Crippen LogP contribution is 2.22. The lowest BCUT2D eigenvalue weighted by Crippen LogP contribution is -2.27. The summed E-state index contributed by atoms with van der Waals surface area (Å²) in [5.74, 6) is -0.246. The number of sulfonamides is 1. The average Bonchev–Trinajstić information content (AvgIpc) is 3.19. The van der Waals surface area contributed by atoms with E-state index in [1.54, 1.807) is 6.92 Å². The van der Waals surface area contributed by atoms with Crippen molar-refractivity contribution >= 4 is 32.5 Å². The first-order valence-electron chi connectivity index (χ1n) is 9.74. The summed E-state index contributed by atoms with van der Waals surface area (Å²) < 4.78 is 46.1. The van der Waals surface area contributed by atoms with E-state index in [4.69, 9.17) is 4.52 Å². The van der Waals surface area contributed by atoms with Gasteiger partial charge in [-0.1, -0.05) is 5.16 Å². The van der Waals surface area contributed by atoms with Gasteiger partial charge in [0.25, 0.3) is 15.9 Å². The molecule has 4 rings (SSSR count). The Morgan fingerprint density at radius 2 is 1.91 bits per heavy atom. The fraction of sp³-hybridized carbons (Fsp3) is 0.143. The van der Waals surface area contributed by atoms with Crippen LogP contribution in [-0.4, -0.2) is 36.0 Å². The molecule has 0 bridgehead atoms. The number of hydrogen-bond acceptors (Lipinski definition) is 7. The number of H-pyrrole nitrogens is 1. The number of benzene rings is 2. The van der Waals surface area contributed by atoms with Crippen LogP contribution in [0.2, 0.25) is 0 Å². The van der Waals surface area contributed by atoms with Gasteiger partial charge in [-0.3, -0.25) is 14.3 Å². The third-order valence-corrected chi connectivity index (χ3v) is 6.04. The van der Waals surface area contributed by atoms with Crippen LogP contribution >= 0.6 is 0 Å². The van der Waals surface area contributed by atoms with Crippen LogP contribution in [-0.2, 0) is 16.4 Å². The van der Waals surface area contributed by atoms with Gasteiger partial charge in [-0.25, -0.2) is 12.8 Å². The normalized spacial score (nSPS) is 11.5. The number of aromatic amines is 1. The highest BCUT2D eigenvalue weighted by molar-refractivity contribution is 7.92. The lowest BCUT2D eigenvalue weighted by Gasteiger charge is -2.11. The van der Waals surface area contributed by atoms with Crippen molar-refractivity contribution in [2.75, 3.05) is 11.3 Å². The van der Waals surface area contributed by atoms with Gasteiger partial charge in [-0.05, 0) is 49.4 Å². The first-order valence-corrected chi connectivity index (χ1v) is 11.2. The van der Waals surface area contributed by atoms with E-state index in [0.29, 0.717) is 17.2 Å². The predicted molar refractivity (Wildman–Crippen MR) is 117 cm³/mol. The molecule has 3 N–H and O–H groups in total. The highest BCUT2D eigenvalue weighted by Gasteiger charge is 2.18. The van der Waals surface area contributed by atoms with Gasteiger partial charge in [0.05, 0.1) is 10.5 Å². The first kappa shape index (κ1) is 22.1. The number of halogens is 1. The second kappa shape index (κ2) is 8.82. The van der Waals surface area contributed by atoms with E-state index in [1.165, 1.54) is 30.3 Å². The van der Waals surface area contributed by atoms with E-state index < -0.39 is 27.3 Å². The average molecular weight is 471 g/mol. The molecule has 0 unspecified atom stereocenters. The molecule has 2 aromatic heterocycles. The van der Waals surface area contributed by atoms with Gasteiger partial charge < -0.3 is 14.8 Å². The van der Waals surface area contributed by atoms with Crippen molar-refractivity contribution in [2.45, 2.75) is 18.2 Å². The van der Waals surface area contributed by atoms with Crippen LogP contribution in [0, 0.1) is 12.7 Å². The minimum absolute atomic E-state index is 0.00860. The molecular weight excluding hydrogens is 453 g/mol. The Labute approximate surface area is 186 Å². The summed E-state index contributed by atoms with van der Waals surface area (Å²) in [4.78, 5) is 31.3. The maximum Gasteiger partial charge on any atom is 0.261 e. The quantitative estimate of drug-likeness (QED) is 0.374. The van der Waals surface area contributed by atoms with E-state index in [2.05, 4.69) is 25.2 Å². The standard InChI is InChI=1S/C21H18FN5O5S/c1-12-24-20(32-26-12)8-9-23-21(29)17-11-19(28)25-18-7-6-15(10-16(17)18)33(30,31)27-14-4-2-13(22)3-5-14/h2-7,10-11,27H,8-9H2,1H3,(H,23,29)(H,25,28). The summed E-state index contributed by atoms with van der Waals surface area (Å²) in [5, 5.41) is 6.56. The lowest BCUT2D eigenvalue weighted by molar-refractivity contribution is 0.0955. The fourth-order valence-electron chi connectivity index (χ4n) is 3.14. The number of pyridine rings is 1. The summed E-state index contributed by atoms with van der Waals surface area (Å²) in [6.07, 6.45) is 0.287. The molecule has 0 atom stereocenters. The summed E-state index contributed by atoms with van der Waals surface area (Å²) in [6.45, 7) is 1.84. The number of anilines is 1. The van der Waals surface area contributed by atoms with E-state index in [-0.39, 0.29) is 34.5 Å². The summed E-state index contributed by atoms with van der Waals surface area (Å²) in [5.41, 5.74) is -0.0392. The Bertz CT molecular complexity index is 1500. The molecule has 0 saturated heterocycles. The number of carbonyl (C=O) groups is 1. The Hall–Kier alpha value is -4.06. The fourth-order valence-corrected chi connectivity index (χ4v) is 4.22. The number of aromatic nitrogens is 3. The monoisotopic (exact) mass is 471 g/mol. The Balaban J connectivity index is 1.61. The largest absolute Gasteiger partial charge is 0.351 e. The first-order chi connectivity index (χ1) is 15.7. The van der Waals surface area contributed by atoms with Gasteiger partial charge in [0, 0.05) is 35.6 Å². The molecule has 0 radical (unpaired) electrons. The molecule has 0 spiro atoms. The van der Waals surface area contributed by atoms with Crippen molar-refractivity contribution in [2.24, 2.45) is 0 Å². The van der Waals surface area contributed by atoms with E-state index in [1.807, 2.05) is 0 Å². The molecule has 10 nitrogen and oxygen atoms in total. The molecule has 33 heavy (non-hydrogen) atoms. The highest BCUT2D eigenvalue weighted by atomic mass is 32.2. The van der Waals surface area contributed by atoms with Gasteiger partial charge in [0.1, 0.15) is 5.82 Å². The van der Waals surface area contributed by atoms with Crippen LogP contribution in [0.15, 0.2) is 62.7 Å². The minimum Gasteiger partial charge on any atom is -0.351 e. The van der Waals surface area contributed by atoms with Crippen molar-refractivity contribution in [3.05, 3.63) is 82.0 Å². The van der Waals surface area contributed by atoms with Crippen LogP contribution in [0.25, 0.3) is 10.9 Å². The number of hydrogen-bond donors (Lipinski definition) is 3. The smallest absolute Gasteiger partial charge is 0.261 e. The topological polar surface area (TPSA) is 147 Å². The van der Waals surface area contributed by atoms with E-state index in [0.717, 1.165) is 18.2 Å². The molecule has 12 heteroatoms. The molecule has 0 saturated carbocycles. The van der Waals surface area contributed by atoms with Gasteiger partial charge >= 0.3 is 0 Å². The van der Waals surface area contributed by atoms with Gasteiger partial charge in [-0.2, -0.15) is 4.98 Å². The van der Waals surface area contributed by atoms with Crippen LogP contribution in [0.1, 0.15) is 22.1 Å². The Morgan fingerprint density at radius 3 is 2.61 bits per heavy atom. The molecular formula is C21H18FN5O5S. The number of carbonyl (C=O) groups excluding carboxylic acids is 1. The van der Waals surface area contributed by atoms with Gasteiger partial charge in [0.2, 0.25) is 11.4 Å². The molecule has 170 valence electrons. The maximum absolute atomic E-state index is 13.1. The number of nitrogens with one attached hydrogen (secondary N) is 3. The minimum atomic E-state index is -4.04. The summed E-state index contributed by atoms with van der Waals surface area (Å²) >= 11 is 0. The third-order valence-electron chi connectivity index (χ3n) is 4.66. The van der Waals surface area contributed by atoms with Crippen molar-refractivity contribution in [1.82, 2.24) is 20.4 Å². The van der Waals surface area contributed by atoms with Crippen LogP contribution in [0.5, 0.6) is 0 Å². The maximum atomic E-state index is 13.1. The van der Waals surface area contributed by atoms with Crippen molar-refractivity contribution < 1.29 is 22.1 Å². The van der Waals surface area contributed by atoms with E-state index in [9.17, 15) is 22.4 Å². The molecule has 4 aromatic rings. The van der Waals surface area contributed by atoms with E-state index >= 15 is 0 Å². The van der Waals surface area contributed by atoms with Crippen molar-refractivity contribution in [3.8, 4) is 0 Å². The number of fused-ring (bicyclic) bond motifs is 1. The van der Waals surface area contributed by atoms with Crippen molar-refractivity contribution in [1.29, 1.82) is 0 Å². The van der Waals surface area contributed by atoms with Crippen LogP contribution < -0.4 is 15.6 Å². The molecule has 2 aromatic carbocycles. The molecule has 0 fully saturated rings. The number of rotatable bonds is 7. The van der Waals surface area contributed by atoms with Gasteiger partial charge in [0.15, 0.2) is 5.82 Å². The summed E-state index contributed by atoms with van der Waals surface area (Å²) in [7, 11) is -4.04. The Kier molecular flexibility index (Phi) is 5.92. The molecule has 0 aliphatic rings. The number of amides is 1.